The molecule has 4 heteroatoms. The Bertz CT molecular complexity index is 665. The van der Waals surface area contributed by atoms with E-state index in [1.807, 2.05) is 24.3 Å². The van der Waals surface area contributed by atoms with E-state index in [1.54, 1.807) is 18.2 Å². The van der Waals surface area contributed by atoms with E-state index in [9.17, 15) is 0 Å². The largest absolute Gasteiger partial charge is 0.356 e. The molecule has 0 unspecified atom stereocenters. The number of nitriles is 2. The Morgan fingerprint density at radius 3 is 2.53 bits per heavy atom. The van der Waals surface area contributed by atoms with Crippen molar-refractivity contribution in [1.29, 1.82) is 10.5 Å². The second kappa shape index (κ2) is 5.66. The highest BCUT2D eigenvalue weighted by Crippen LogP contribution is 2.21. The summed E-state index contributed by atoms with van der Waals surface area (Å²) < 4.78 is 5.20. The van der Waals surface area contributed by atoms with E-state index in [0.29, 0.717) is 11.5 Å². The molecule has 0 radical (unpaired) electrons. The van der Waals surface area contributed by atoms with Gasteiger partial charge < -0.3 is 4.52 Å². The van der Waals surface area contributed by atoms with E-state index in [4.69, 9.17) is 15.0 Å². The fourth-order valence-electron chi connectivity index (χ4n) is 1.64. The predicted octanol–water partition coefficient (Wildman–Crippen LogP) is 3.33. The molecule has 4 nitrogen and oxygen atoms in total. The fraction of sp³-hybridized carbons (Fsp3) is 0.133. The third-order valence-electron chi connectivity index (χ3n) is 2.71. The second-order valence-electron chi connectivity index (χ2n) is 3.95. The molecule has 0 saturated heterocycles. The van der Waals surface area contributed by atoms with Crippen LogP contribution >= 0.6 is 0 Å². The lowest BCUT2D eigenvalue weighted by Gasteiger charge is -1.97. The molecular formula is C15H11N3O. The lowest BCUT2D eigenvalue weighted by atomic mass is 10.1. The Hall–Kier alpha value is -2.85. The molecule has 0 bridgehead atoms. The van der Waals surface area contributed by atoms with Crippen LogP contribution in [0.25, 0.3) is 17.4 Å². The summed E-state index contributed by atoms with van der Waals surface area (Å²) in [7, 11) is 0. The van der Waals surface area contributed by atoms with Crippen LogP contribution in [-0.4, -0.2) is 5.16 Å². The van der Waals surface area contributed by atoms with E-state index >= 15 is 0 Å². The van der Waals surface area contributed by atoms with Gasteiger partial charge in [-0.1, -0.05) is 36.3 Å². The number of aryl methyl sites for hydroxylation is 1. The summed E-state index contributed by atoms with van der Waals surface area (Å²) in [6.07, 6.45) is 2.38. The van der Waals surface area contributed by atoms with Crippen LogP contribution in [0.3, 0.4) is 0 Å². The number of allylic oxidation sites excluding steroid dienone is 1. The molecule has 2 aromatic rings. The van der Waals surface area contributed by atoms with E-state index in [2.05, 4.69) is 12.1 Å². The van der Waals surface area contributed by atoms with Gasteiger partial charge in [-0.05, 0) is 18.1 Å². The van der Waals surface area contributed by atoms with Crippen LogP contribution in [0.2, 0.25) is 0 Å². The summed E-state index contributed by atoms with van der Waals surface area (Å²) in [6, 6.07) is 13.3. The van der Waals surface area contributed by atoms with Crippen molar-refractivity contribution < 1.29 is 4.52 Å². The molecular weight excluding hydrogens is 238 g/mol. The van der Waals surface area contributed by atoms with Crippen molar-refractivity contribution in [3.63, 3.8) is 0 Å². The minimum absolute atomic E-state index is 0.00109. The van der Waals surface area contributed by atoms with Gasteiger partial charge in [-0.2, -0.15) is 10.5 Å². The smallest absolute Gasteiger partial charge is 0.167 e. The predicted molar refractivity (Wildman–Crippen MR) is 70.5 cm³/mol. The lowest BCUT2D eigenvalue weighted by molar-refractivity contribution is 0.430. The molecule has 0 amide bonds. The first kappa shape index (κ1) is 12.6. The summed E-state index contributed by atoms with van der Waals surface area (Å²) in [6.45, 7) is 2.09. The van der Waals surface area contributed by atoms with E-state index < -0.39 is 0 Å². The van der Waals surface area contributed by atoms with Gasteiger partial charge in [0.05, 0.1) is 0 Å². The van der Waals surface area contributed by atoms with Crippen molar-refractivity contribution in [3.8, 4) is 23.5 Å². The van der Waals surface area contributed by atoms with Crippen LogP contribution < -0.4 is 0 Å². The molecule has 0 saturated carbocycles. The number of rotatable bonds is 3. The van der Waals surface area contributed by atoms with Gasteiger partial charge in [0.2, 0.25) is 0 Å². The highest BCUT2D eigenvalue weighted by molar-refractivity contribution is 5.64. The zero-order valence-corrected chi connectivity index (χ0v) is 10.4. The number of benzene rings is 1. The average Bonchev–Trinajstić information content (AvgIpc) is 2.93. The van der Waals surface area contributed by atoms with Gasteiger partial charge in [0.15, 0.2) is 5.76 Å². The van der Waals surface area contributed by atoms with Crippen molar-refractivity contribution in [3.05, 3.63) is 47.2 Å². The van der Waals surface area contributed by atoms with Crippen molar-refractivity contribution in [2.24, 2.45) is 0 Å². The first-order valence-corrected chi connectivity index (χ1v) is 5.84. The topological polar surface area (TPSA) is 73.6 Å². The molecule has 0 spiro atoms. The maximum Gasteiger partial charge on any atom is 0.167 e. The Morgan fingerprint density at radius 1 is 1.26 bits per heavy atom. The third kappa shape index (κ3) is 2.88. The maximum atomic E-state index is 8.67. The zero-order valence-electron chi connectivity index (χ0n) is 10.4. The third-order valence-corrected chi connectivity index (χ3v) is 2.71. The molecule has 1 aromatic heterocycles. The second-order valence-corrected chi connectivity index (χ2v) is 3.95. The number of hydrogen-bond donors (Lipinski definition) is 0. The Morgan fingerprint density at radius 2 is 1.95 bits per heavy atom. The Balaban J connectivity index is 2.28. The van der Waals surface area contributed by atoms with Crippen molar-refractivity contribution in [1.82, 2.24) is 5.16 Å². The van der Waals surface area contributed by atoms with Gasteiger partial charge in [-0.3, -0.25) is 0 Å². The molecule has 0 aliphatic carbocycles. The maximum absolute atomic E-state index is 8.67. The van der Waals surface area contributed by atoms with Gasteiger partial charge in [0, 0.05) is 11.6 Å². The first-order valence-electron chi connectivity index (χ1n) is 5.84. The molecule has 1 aromatic carbocycles. The van der Waals surface area contributed by atoms with Crippen molar-refractivity contribution in [2.75, 3.05) is 0 Å². The van der Waals surface area contributed by atoms with Crippen LogP contribution in [0, 0.1) is 22.7 Å². The Labute approximate surface area is 111 Å². The minimum Gasteiger partial charge on any atom is -0.356 e. The van der Waals surface area contributed by atoms with Crippen LogP contribution in [-0.2, 0) is 6.42 Å². The van der Waals surface area contributed by atoms with Crippen LogP contribution in [0.1, 0.15) is 18.2 Å². The first-order chi connectivity index (χ1) is 9.26. The van der Waals surface area contributed by atoms with Gasteiger partial charge >= 0.3 is 0 Å². The molecule has 0 N–H and O–H groups in total. The minimum atomic E-state index is 0.00109. The van der Waals surface area contributed by atoms with E-state index in [0.717, 1.165) is 12.0 Å². The quantitative estimate of drug-likeness (QED) is 0.782. The van der Waals surface area contributed by atoms with Crippen LogP contribution in [0.4, 0.5) is 0 Å². The molecule has 92 valence electrons. The summed E-state index contributed by atoms with van der Waals surface area (Å²) >= 11 is 0. The zero-order chi connectivity index (χ0) is 13.7. The number of aromatic nitrogens is 1. The van der Waals surface area contributed by atoms with E-state index in [-0.39, 0.29) is 5.57 Å². The molecule has 19 heavy (non-hydrogen) atoms. The Kier molecular flexibility index (Phi) is 3.75. The summed E-state index contributed by atoms with van der Waals surface area (Å²) in [5.74, 6) is 0.615. The average molecular weight is 249 g/mol. The monoisotopic (exact) mass is 249 g/mol. The van der Waals surface area contributed by atoms with Crippen molar-refractivity contribution >= 4 is 6.08 Å². The molecule has 1 heterocycles. The number of nitrogens with zero attached hydrogens (tertiary/aromatic N) is 3. The van der Waals surface area contributed by atoms with Crippen molar-refractivity contribution in [2.45, 2.75) is 13.3 Å². The summed E-state index contributed by atoms with van der Waals surface area (Å²) in [4.78, 5) is 0. The van der Waals surface area contributed by atoms with E-state index in [1.165, 1.54) is 11.6 Å². The van der Waals surface area contributed by atoms with Crippen LogP contribution in [0.15, 0.2) is 40.4 Å². The van der Waals surface area contributed by atoms with Crippen LogP contribution in [0.5, 0.6) is 0 Å². The molecule has 0 aliphatic heterocycles. The van der Waals surface area contributed by atoms with Gasteiger partial charge in [0.1, 0.15) is 23.4 Å². The summed E-state index contributed by atoms with van der Waals surface area (Å²) in [5.41, 5.74) is 2.63. The molecule has 0 atom stereocenters. The fourth-order valence-corrected chi connectivity index (χ4v) is 1.64. The molecule has 2 rings (SSSR count). The SMILES string of the molecule is CCc1ccc(-c2cc(C=C(C#N)C#N)no2)cc1. The summed E-state index contributed by atoms with van der Waals surface area (Å²) in [5, 5.41) is 21.2. The van der Waals surface area contributed by atoms with Gasteiger partial charge in [0.25, 0.3) is 0 Å². The van der Waals surface area contributed by atoms with Gasteiger partial charge in [-0.25, -0.2) is 0 Å². The van der Waals surface area contributed by atoms with Gasteiger partial charge in [-0.15, -0.1) is 0 Å². The highest BCUT2D eigenvalue weighted by Gasteiger charge is 2.06. The lowest BCUT2D eigenvalue weighted by Crippen LogP contribution is -1.79. The molecule has 0 fully saturated rings. The standard InChI is InChI=1S/C15H11N3O/c1-2-11-3-5-13(6-4-11)15-8-14(18-19-15)7-12(9-16)10-17/h3-8H,2H2,1H3. The number of hydrogen-bond acceptors (Lipinski definition) is 4. The molecule has 0 aliphatic rings. The highest BCUT2D eigenvalue weighted by atomic mass is 16.5. The normalized spacial score (nSPS) is 9.42.